The number of carbonyl (C=O) groups is 2. The van der Waals surface area contributed by atoms with Crippen LogP contribution in [0.3, 0.4) is 0 Å². The first-order chi connectivity index (χ1) is 15.1. The molecule has 2 aromatic rings. The monoisotopic (exact) mass is 477 g/mol. The van der Waals surface area contributed by atoms with Gasteiger partial charge < -0.3 is 0 Å². The number of thiazole rings is 1. The second-order valence-corrected chi connectivity index (χ2v) is 10.7. The predicted octanol–water partition coefficient (Wildman–Crippen LogP) is 2.13. The summed E-state index contributed by atoms with van der Waals surface area (Å²) in [5.74, 6) is -0.993. The van der Waals surface area contributed by atoms with E-state index in [1.165, 1.54) is 6.07 Å². The molecule has 1 aromatic carbocycles. The van der Waals surface area contributed by atoms with Crippen molar-refractivity contribution >= 4 is 49.5 Å². The summed E-state index contributed by atoms with van der Waals surface area (Å²) in [6.45, 7) is 1.65. The molecule has 4 rings (SSSR count). The molecule has 0 spiro atoms. The largest absolute Gasteiger partial charge is 0.297 e. The van der Waals surface area contributed by atoms with Crippen LogP contribution in [0.5, 0.6) is 0 Å². The smallest absolute Gasteiger partial charge is 0.273 e. The van der Waals surface area contributed by atoms with Crippen LogP contribution in [-0.4, -0.2) is 58.4 Å². The minimum absolute atomic E-state index is 0.00242. The van der Waals surface area contributed by atoms with E-state index >= 15 is 0 Å². The van der Waals surface area contributed by atoms with Gasteiger partial charge in [-0.05, 0) is 13.3 Å². The minimum Gasteiger partial charge on any atom is -0.297 e. The van der Waals surface area contributed by atoms with Crippen LogP contribution in [0.2, 0.25) is 0 Å². The van der Waals surface area contributed by atoms with Gasteiger partial charge in [0.05, 0.1) is 28.2 Å². The van der Waals surface area contributed by atoms with Gasteiger partial charge in [0.2, 0.25) is 5.91 Å². The number of hydrazone groups is 1. The second-order valence-electron chi connectivity index (χ2n) is 7.59. The molecule has 1 fully saturated rings. The zero-order valence-electron chi connectivity index (χ0n) is 17.0. The van der Waals surface area contributed by atoms with Crippen LogP contribution in [0.25, 0.3) is 11.3 Å². The number of nitro groups is 1. The number of amides is 2. The third kappa shape index (κ3) is 4.53. The van der Waals surface area contributed by atoms with E-state index in [9.17, 15) is 28.1 Å². The van der Waals surface area contributed by atoms with Gasteiger partial charge in [0, 0.05) is 35.4 Å². The minimum atomic E-state index is -3.20. The number of nitrogens with one attached hydrogen (secondary N) is 1. The van der Waals surface area contributed by atoms with Crippen LogP contribution in [0.4, 0.5) is 10.8 Å². The van der Waals surface area contributed by atoms with Gasteiger partial charge in [-0.15, -0.1) is 11.3 Å². The Morgan fingerprint density at radius 2 is 2.12 bits per heavy atom. The highest BCUT2D eigenvalue weighted by molar-refractivity contribution is 7.91. The Bertz CT molecular complexity index is 1250. The van der Waals surface area contributed by atoms with Gasteiger partial charge >= 0.3 is 0 Å². The molecule has 168 valence electrons. The van der Waals surface area contributed by atoms with Gasteiger partial charge in [-0.25, -0.2) is 18.4 Å². The number of anilines is 1. The van der Waals surface area contributed by atoms with Crippen LogP contribution >= 0.6 is 11.3 Å². The molecule has 1 unspecified atom stereocenters. The third-order valence-corrected chi connectivity index (χ3v) is 7.81. The Morgan fingerprint density at radius 3 is 2.81 bits per heavy atom. The number of hydrogen-bond acceptors (Lipinski definition) is 9. The number of hydrogen-bond donors (Lipinski definition) is 1. The summed E-state index contributed by atoms with van der Waals surface area (Å²) in [5, 5.41) is 21.0. The summed E-state index contributed by atoms with van der Waals surface area (Å²) in [6.07, 6.45) is 0.507. The molecule has 2 amide bonds. The van der Waals surface area contributed by atoms with Gasteiger partial charge in [-0.2, -0.15) is 5.10 Å². The molecule has 32 heavy (non-hydrogen) atoms. The molecule has 1 atom stereocenters. The molecular weight excluding hydrogens is 458 g/mol. The average molecular weight is 478 g/mol. The topological polar surface area (TPSA) is 152 Å². The first-order valence-corrected chi connectivity index (χ1v) is 12.5. The highest BCUT2D eigenvalue weighted by atomic mass is 32.2. The Balaban J connectivity index is 1.49. The summed E-state index contributed by atoms with van der Waals surface area (Å²) >= 11 is 1.15. The molecule has 3 heterocycles. The highest BCUT2D eigenvalue weighted by Crippen LogP contribution is 2.29. The van der Waals surface area contributed by atoms with Gasteiger partial charge in [0.1, 0.15) is 5.71 Å². The lowest BCUT2D eigenvalue weighted by Gasteiger charge is -2.27. The summed E-state index contributed by atoms with van der Waals surface area (Å²) in [4.78, 5) is 39.9. The Labute approximate surface area is 187 Å². The van der Waals surface area contributed by atoms with Crippen molar-refractivity contribution in [2.24, 2.45) is 5.10 Å². The fraction of sp³-hybridized carbons (Fsp3) is 0.368. The van der Waals surface area contributed by atoms with E-state index in [1.807, 2.05) is 0 Å². The summed E-state index contributed by atoms with van der Waals surface area (Å²) in [5.41, 5.74) is 1.67. The summed E-state index contributed by atoms with van der Waals surface area (Å²) in [7, 11) is -3.20. The molecular formula is C19H19N5O6S2. The average Bonchev–Trinajstić information content (AvgIpc) is 3.34. The van der Waals surface area contributed by atoms with Crippen LogP contribution in [-0.2, 0) is 19.4 Å². The number of rotatable bonds is 5. The van der Waals surface area contributed by atoms with Crippen molar-refractivity contribution in [3.05, 3.63) is 39.3 Å². The molecule has 0 radical (unpaired) electrons. The Morgan fingerprint density at radius 1 is 1.34 bits per heavy atom. The van der Waals surface area contributed by atoms with Gasteiger partial charge in [0.15, 0.2) is 15.0 Å². The predicted molar refractivity (Wildman–Crippen MR) is 118 cm³/mol. The molecule has 0 saturated carbocycles. The zero-order chi connectivity index (χ0) is 23.0. The fourth-order valence-electron chi connectivity index (χ4n) is 3.59. The fourth-order valence-corrected chi connectivity index (χ4v) is 5.99. The lowest BCUT2D eigenvalue weighted by atomic mass is 10.1. The van der Waals surface area contributed by atoms with Gasteiger partial charge in [-0.1, -0.05) is 12.1 Å². The van der Waals surface area contributed by atoms with Crippen LogP contribution in [0.1, 0.15) is 24.8 Å². The molecule has 13 heteroatoms. The quantitative estimate of drug-likeness (QED) is 0.511. The normalized spacial score (nSPS) is 20.2. The SMILES string of the molecule is Cc1ccc(-c2csc(NC(=O)C3=NN(C4CCS(=O)(=O)C4)C(=O)CC3)n2)cc1[N+](=O)[O-]. The van der Waals surface area contributed by atoms with Crippen molar-refractivity contribution < 1.29 is 22.9 Å². The number of aryl methyl sites for hydroxylation is 1. The first kappa shape index (κ1) is 22.0. The maximum Gasteiger partial charge on any atom is 0.273 e. The molecule has 1 saturated heterocycles. The number of nitro benzene ring substituents is 1. The zero-order valence-corrected chi connectivity index (χ0v) is 18.6. The van der Waals surface area contributed by atoms with E-state index in [4.69, 9.17) is 0 Å². The van der Waals surface area contributed by atoms with Crippen molar-refractivity contribution in [1.82, 2.24) is 9.99 Å². The first-order valence-electron chi connectivity index (χ1n) is 9.75. The van der Waals surface area contributed by atoms with E-state index in [1.54, 1.807) is 24.4 Å². The highest BCUT2D eigenvalue weighted by Gasteiger charge is 2.37. The molecule has 1 N–H and O–H groups in total. The lowest BCUT2D eigenvalue weighted by molar-refractivity contribution is -0.385. The van der Waals surface area contributed by atoms with Crippen LogP contribution in [0, 0.1) is 17.0 Å². The second kappa shape index (κ2) is 8.39. The van der Waals surface area contributed by atoms with Crippen LogP contribution in [0.15, 0.2) is 28.7 Å². The lowest BCUT2D eigenvalue weighted by Crippen LogP contribution is -2.42. The maximum atomic E-state index is 12.7. The van der Waals surface area contributed by atoms with Crippen molar-refractivity contribution in [2.45, 2.75) is 32.2 Å². The van der Waals surface area contributed by atoms with Gasteiger partial charge in [-0.3, -0.25) is 25.0 Å². The standard InChI is InChI=1S/C19H19N5O6S2/c1-11-2-3-12(8-16(11)24(27)28)15-9-31-19(20-15)21-18(26)14-4-5-17(25)23(22-14)13-6-7-32(29,30)10-13/h2-3,8-9,13H,4-7,10H2,1H3,(H,20,21,26). The molecule has 2 aliphatic heterocycles. The van der Waals surface area contributed by atoms with Crippen molar-refractivity contribution in [1.29, 1.82) is 0 Å². The van der Waals surface area contributed by atoms with Crippen molar-refractivity contribution in [3.8, 4) is 11.3 Å². The third-order valence-electron chi connectivity index (χ3n) is 5.30. The Hall–Kier alpha value is -3.19. The number of aromatic nitrogens is 1. The number of benzene rings is 1. The molecule has 0 bridgehead atoms. The van der Waals surface area contributed by atoms with E-state index in [0.29, 0.717) is 23.2 Å². The van der Waals surface area contributed by atoms with Gasteiger partial charge in [0.25, 0.3) is 11.6 Å². The summed E-state index contributed by atoms with van der Waals surface area (Å²) < 4.78 is 23.5. The van der Waals surface area contributed by atoms with E-state index < -0.39 is 26.7 Å². The number of sulfone groups is 1. The molecule has 11 nitrogen and oxygen atoms in total. The van der Waals surface area contributed by atoms with Crippen LogP contribution < -0.4 is 5.32 Å². The van der Waals surface area contributed by atoms with E-state index in [2.05, 4.69) is 15.4 Å². The molecule has 2 aliphatic rings. The number of carbonyl (C=O) groups excluding carboxylic acids is 2. The Kier molecular flexibility index (Phi) is 5.77. The summed E-state index contributed by atoms with van der Waals surface area (Å²) in [6, 6.07) is 4.23. The number of nitrogens with zero attached hydrogens (tertiary/aromatic N) is 4. The maximum absolute atomic E-state index is 12.7. The molecule has 1 aromatic heterocycles. The van der Waals surface area contributed by atoms with Crippen molar-refractivity contribution in [3.63, 3.8) is 0 Å². The van der Waals surface area contributed by atoms with E-state index in [0.717, 1.165) is 16.3 Å². The van der Waals surface area contributed by atoms with Crippen molar-refractivity contribution in [2.75, 3.05) is 16.8 Å². The molecule has 0 aliphatic carbocycles. The van der Waals surface area contributed by atoms with E-state index in [-0.39, 0.29) is 46.8 Å².